The maximum atomic E-state index is 12.1. The molecule has 0 unspecified atom stereocenters. The molecule has 1 N–H and O–H groups in total. The number of aromatic nitrogens is 2. The number of rotatable bonds is 7. The molecule has 1 fully saturated rings. The third-order valence-corrected chi connectivity index (χ3v) is 5.01. The Hall–Kier alpha value is -1.66. The topological polar surface area (TPSA) is 50.2 Å². The first-order chi connectivity index (χ1) is 10.8. The van der Waals surface area contributed by atoms with E-state index in [1.807, 2.05) is 23.0 Å². The molecule has 5 nitrogen and oxygen atoms in total. The molecule has 0 aromatic carbocycles. The van der Waals surface area contributed by atoms with Crippen molar-refractivity contribution in [2.45, 2.75) is 31.8 Å². The summed E-state index contributed by atoms with van der Waals surface area (Å²) in [5, 5.41) is 9.36. The fourth-order valence-electron chi connectivity index (χ4n) is 2.95. The van der Waals surface area contributed by atoms with Gasteiger partial charge in [-0.3, -0.25) is 14.4 Å². The van der Waals surface area contributed by atoms with Gasteiger partial charge in [0.2, 0.25) is 5.91 Å². The molecule has 22 heavy (non-hydrogen) atoms. The van der Waals surface area contributed by atoms with E-state index in [4.69, 9.17) is 0 Å². The number of thiophene rings is 1. The van der Waals surface area contributed by atoms with E-state index in [-0.39, 0.29) is 5.91 Å². The van der Waals surface area contributed by atoms with Gasteiger partial charge < -0.3 is 5.32 Å². The molecule has 6 heteroatoms. The fourth-order valence-corrected chi connectivity index (χ4v) is 3.66. The molecule has 1 aliphatic rings. The van der Waals surface area contributed by atoms with Crippen molar-refractivity contribution in [1.82, 2.24) is 20.0 Å². The van der Waals surface area contributed by atoms with Gasteiger partial charge in [-0.2, -0.15) is 5.10 Å². The highest BCUT2D eigenvalue weighted by atomic mass is 32.1. The Labute approximate surface area is 134 Å². The molecule has 0 saturated carbocycles. The van der Waals surface area contributed by atoms with E-state index in [0.717, 1.165) is 38.9 Å². The largest absolute Gasteiger partial charge is 0.355 e. The summed E-state index contributed by atoms with van der Waals surface area (Å²) in [6, 6.07) is 6.52. The minimum absolute atomic E-state index is 0.129. The summed E-state index contributed by atoms with van der Waals surface area (Å²) >= 11 is 1.74. The Morgan fingerprint density at radius 3 is 3.18 bits per heavy atom. The first-order valence-corrected chi connectivity index (χ1v) is 8.70. The summed E-state index contributed by atoms with van der Waals surface area (Å²) in [5.41, 5.74) is 0. The second-order valence-electron chi connectivity index (χ2n) is 5.67. The van der Waals surface area contributed by atoms with E-state index < -0.39 is 0 Å². The molecule has 0 radical (unpaired) electrons. The molecule has 0 bridgehead atoms. The standard InChI is InChI=1S/C16H22N4OS/c21-16(17-8-6-15-5-2-11-22-15)13-19-9-1-4-14(19)12-20-10-3-7-18-20/h2-3,5,7,10-11,14H,1,4,6,8-9,12-13H2,(H,17,21)/t14-/m0/s1. The van der Waals surface area contributed by atoms with Gasteiger partial charge in [-0.1, -0.05) is 6.07 Å². The van der Waals surface area contributed by atoms with E-state index in [1.165, 1.54) is 4.88 Å². The van der Waals surface area contributed by atoms with E-state index in [0.29, 0.717) is 12.6 Å². The lowest BCUT2D eigenvalue weighted by atomic mass is 10.2. The molecule has 0 spiro atoms. The summed E-state index contributed by atoms with van der Waals surface area (Å²) in [6.07, 6.45) is 7.01. The Balaban J connectivity index is 1.41. The molecule has 2 aromatic rings. The third kappa shape index (κ3) is 4.18. The maximum absolute atomic E-state index is 12.1. The number of nitrogens with zero attached hydrogens (tertiary/aromatic N) is 3. The number of nitrogens with one attached hydrogen (secondary N) is 1. The fraction of sp³-hybridized carbons (Fsp3) is 0.500. The molecular formula is C16H22N4OS. The highest BCUT2D eigenvalue weighted by Gasteiger charge is 2.26. The number of carbonyl (C=O) groups is 1. The van der Waals surface area contributed by atoms with Crippen molar-refractivity contribution in [2.75, 3.05) is 19.6 Å². The first kappa shape index (κ1) is 15.2. The zero-order valence-corrected chi connectivity index (χ0v) is 13.5. The smallest absolute Gasteiger partial charge is 0.234 e. The number of amides is 1. The molecule has 1 aliphatic heterocycles. The molecule has 1 amide bonds. The van der Waals surface area contributed by atoms with Gasteiger partial charge in [-0.15, -0.1) is 11.3 Å². The van der Waals surface area contributed by atoms with E-state index in [1.54, 1.807) is 17.5 Å². The molecule has 118 valence electrons. The summed E-state index contributed by atoms with van der Waals surface area (Å²) in [6.45, 7) is 3.09. The zero-order valence-electron chi connectivity index (χ0n) is 12.6. The SMILES string of the molecule is O=C(CN1CCC[C@H]1Cn1cccn1)NCCc1cccs1. The van der Waals surface area contributed by atoms with Crippen molar-refractivity contribution in [3.05, 3.63) is 40.8 Å². The van der Waals surface area contributed by atoms with Crippen LogP contribution in [0.4, 0.5) is 0 Å². The summed E-state index contributed by atoms with van der Waals surface area (Å²) in [7, 11) is 0. The van der Waals surface area contributed by atoms with Crippen LogP contribution >= 0.6 is 11.3 Å². The van der Waals surface area contributed by atoms with Gasteiger partial charge in [0.1, 0.15) is 0 Å². The molecule has 1 atom stereocenters. The van der Waals surface area contributed by atoms with Gasteiger partial charge in [-0.25, -0.2) is 0 Å². The van der Waals surface area contributed by atoms with Crippen molar-refractivity contribution in [1.29, 1.82) is 0 Å². The minimum atomic E-state index is 0.129. The van der Waals surface area contributed by atoms with E-state index in [9.17, 15) is 4.79 Å². The lowest BCUT2D eigenvalue weighted by molar-refractivity contribution is -0.122. The number of carbonyl (C=O) groups excluding carboxylic acids is 1. The lowest BCUT2D eigenvalue weighted by Crippen LogP contribution is -2.41. The molecule has 3 heterocycles. The highest BCUT2D eigenvalue weighted by Crippen LogP contribution is 2.18. The van der Waals surface area contributed by atoms with Crippen LogP contribution in [0.15, 0.2) is 36.0 Å². The van der Waals surface area contributed by atoms with Crippen molar-refractivity contribution >= 4 is 17.2 Å². The summed E-state index contributed by atoms with van der Waals surface area (Å²) in [5.74, 6) is 0.129. The third-order valence-electron chi connectivity index (χ3n) is 4.08. The van der Waals surface area contributed by atoms with Gasteiger partial charge in [0.05, 0.1) is 13.1 Å². The van der Waals surface area contributed by atoms with Crippen LogP contribution in [0.5, 0.6) is 0 Å². The monoisotopic (exact) mass is 318 g/mol. The Morgan fingerprint density at radius 1 is 1.45 bits per heavy atom. The Morgan fingerprint density at radius 2 is 2.41 bits per heavy atom. The van der Waals surface area contributed by atoms with Crippen LogP contribution in [-0.4, -0.2) is 46.3 Å². The van der Waals surface area contributed by atoms with Crippen LogP contribution in [0.3, 0.4) is 0 Å². The van der Waals surface area contributed by atoms with Gasteiger partial charge in [0.25, 0.3) is 0 Å². The first-order valence-electron chi connectivity index (χ1n) is 7.82. The molecule has 1 saturated heterocycles. The number of hydrogen-bond donors (Lipinski definition) is 1. The Bertz CT molecular complexity index is 567. The van der Waals surface area contributed by atoms with Crippen molar-refractivity contribution < 1.29 is 4.79 Å². The van der Waals surface area contributed by atoms with Crippen molar-refractivity contribution in [3.8, 4) is 0 Å². The maximum Gasteiger partial charge on any atom is 0.234 e. The van der Waals surface area contributed by atoms with Gasteiger partial charge in [0.15, 0.2) is 0 Å². The average molecular weight is 318 g/mol. The summed E-state index contributed by atoms with van der Waals surface area (Å²) < 4.78 is 1.96. The zero-order chi connectivity index (χ0) is 15.2. The van der Waals surface area contributed by atoms with Crippen LogP contribution in [0.1, 0.15) is 17.7 Å². The predicted molar refractivity (Wildman–Crippen MR) is 87.9 cm³/mol. The average Bonchev–Trinajstić information content (AvgIpc) is 3.23. The summed E-state index contributed by atoms with van der Waals surface area (Å²) in [4.78, 5) is 15.7. The van der Waals surface area contributed by atoms with Crippen LogP contribution in [0.2, 0.25) is 0 Å². The highest BCUT2D eigenvalue weighted by molar-refractivity contribution is 7.09. The quantitative estimate of drug-likeness (QED) is 0.846. The second kappa shape index (κ2) is 7.56. The normalized spacial score (nSPS) is 18.6. The van der Waals surface area contributed by atoms with Crippen LogP contribution in [0, 0.1) is 0 Å². The number of hydrogen-bond acceptors (Lipinski definition) is 4. The molecule has 2 aromatic heterocycles. The predicted octanol–water partition coefficient (Wildman–Crippen LogP) is 1.77. The van der Waals surface area contributed by atoms with Crippen molar-refractivity contribution in [2.24, 2.45) is 0 Å². The van der Waals surface area contributed by atoms with Gasteiger partial charge >= 0.3 is 0 Å². The van der Waals surface area contributed by atoms with Crippen LogP contribution in [0.25, 0.3) is 0 Å². The molecule has 3 rings (SSSR count). The minimum Gasteiger partial charge on any atom is -0.355 e. The second-order valence-corrected chi connectivity index (χ2v) is 6.71. The van der Waals surface area contributed by atoms with Crippen LogP contribution in [-0.2, 0) is 17.8 Å². The Kier molecular flexibility index (Phi) is 5.24. The van der Waals surface area contributed by atoms with Crippen molar-refractivity contribution in [3.63, 3.8) is 0 Å². The van der Waals surface area contributed by atoms with Gasteiger partial charge in [-0.05, 0) is 43.3 Å². The van der Waals surface area contributed by atoms with Crippen LogP contribution < -0.4 is 5.32 Å². The lowest BCUT2D eigenvalue weighted by Gasteiger charge is -2.23. The number of likely N-dealkylation sites (tertiary alicyclic amines) is 1. The molecule has 0 aliphatic carbocycles. The van der Waals surface area contributed by atoms with Gasteiger partial charge in [0, 0.05) is 29.9 Å². The van der Waals surface area contributed by atoms with E-state index >= 15 is 0 Å². The van der Waals surface area contributed by atoms with E-state index in [2.05, 4.69) is 26.8 Å². The molecular weight excluding hydrogens is 296 g/mol.